The van der Waals surface area contributed by atoms with Crippen LogP contribution in [0.25, 0.3) is 0 Å². The average Bonchev–Trinajstić information content (AvgIpc) is 2.24. The van der Waals surface area contributed by atoms with Gasteiger partial charge in [-0.3, -0.25) is 0 Å². The standard InChI is InChI=1S/C12H27NOS/c1-5-12(7-9-14-4)11-13(3)8-10-15-6-2/h12H,5-11H2,1-4H3/t12-/m1/s1. The van der Waals surface area contributed by atoms with E-state index in [1.165, 1.54) is 37.4 Å². The maximum atomic E-state index is 5.13. The van der Waals surface area contributed by atoms with Crippen molar-refractivity contribution in [1.29, 1.82) is 0 Å². The molecule has 0 saturated heterocycles. The van der Waals surface area contributed by atoms with Crippen molar-refractivity contribution in [2.75, 3.05) is 45.4 Å². The Morgan fingerprint density at radius 2 is 2.07 bits per heavy atom. The van der Waals surface area contributed by atoms with Crippen molar-refractivity contribution in [3.8, 4) is 0 Å². The molecule has 0 aliphatic heterocycles. The Bertz CT molecular complexity index is 133. The molecule has 0 fully saturated rings. The highest BCUT2D eigenvalue weighted by Crippen LogP contribution is 2.10. The number of thioether (sulfide) groups is 1. The van der Waals surface area contributed by atoms with Crippen LogP contribution in [0.15, 0.2) is 0 Å². The molecule has 0 unspecified atom stereocenters. The molecule has 0 bridgehead atoms. The number of hydrogen-bond acceptors (Lipinski definition) is 3. The fraction of sp³-hybridized carbons (Fsp3) is 1.00. The maximum absolute atomic E-state index is 5.13. The Morgan fingerprint density at radius 3 is 2.60 bits per heavy atom. The summed E-state index contributed by atoms with van der Waals surface area (Å²) in [6, 6.07) is 0. The normalized spacial score (nSPS) is 13.4. The minimum Gasteiger partial charge on any atom is -0.385 e. The van der Waals surface area contributed by atoms with Crippen LogP contribution in [0.5, 0.6) is 0 Å². The molecule has 15 heavy (non-hydrogen) atoms. The Balaban J connectivity index is 3.55. The van der Waals surface area contributed by atoms with Gasteiger partial charge in [0.05, 0.1) is 0 Å². The fourth-order valence-corrected chi connectivity index (χ4v) is 2.34. The van der Waals surface area contributed by atoms with Gasteiger partial charge in [-0.15, -0.1) is 0 Å². The average molecular weight is 233 g/mol. The number of nitrogens with zero attached hydrogens (tertiary/aromatic N) is 1. The zero-order valence-corrected chi connectivity index (χ0v) is 11.6. The lowest BCUT2D eigenvalue weighted by Crippen LogP contribution is -2.28. The largest absolute Gasteiger partial charge is 0.385 e. The predicted octanol–water partition coefficient (Wildman–Crippen LogP) is 2.73. The van der Waals surface area contributed by atoms with E-state index in [9.17, 15) is 0 Å². The van der Waals surface area contributed by atoms with Gasteiger partial charge in [-0.05, 0) is 25.1 Å². The van der Waals surface area contributed by atoms with Gasteiger partial charge in [-0.2, -0.15) is 11.8 Å². The molecule has 0 saturated carbocycles. The Hall–Kier alpha value is 0.270. The van der Waals surface area contributed by atoms with Crippen molar-refractivity contribution in [2.24, 2.45) is 5.92 Å². The summed E-state index contributed by atoms with van der Waals surface area (Å²) in [5.41, 5.74) is 0. The molecule has 0 rings (SSSR count). The second-order valence-corrected chi connectivity index (χ2v) is 5.41. The topological polar surface area (TPSA) is 12.5 Å². The summed E-state index contributed by atoms with van der Waals surface area (Å²) in [5, 5.41) is 0. The predicted molar refractivity (Wildman–Crippen MR) is 70.8 cm³/mol. The van der Waals surface area contributed by atoms with E-state index in [1.54, 1.807) is 7.11 Å². The molecule has 0 aliphatic carbocycles. The van der Waals surface area contributed by atoms with E-state index in [2.05, 4.69) is 25.8 Å². The minimum atomic E-state index is 0.793. The molecule has 0 aromatic carbocycles. The van der Waals surface area contributed by atoms with Gasteiger partial charge in [0.15, 0.2) is 0 Å². The van der Waals surface area contributed by atoms with Crippen LogP contribution in [0.1, 0.15) is 26.7 Å². The first-order valence-electron chi connectivity index (χ1n) is 5.99. The van der Waals surface area contributed by atoms with E-state index in [1.807, 2.05) is 11.8 Å². The molecule has 0 aromatic rings. The lowest BCUT2D eigenvalue weighted by Gasteiger charge is -2.22. The molecule has 0 spiro atoms. The van der Waals surface area contributed by atoms with Gasteiger partial charge in [-0.25, -0.2) is 0 Å². The van der Waals surface area contributed by atoms with Crippen molar-refractivity contribution in [3.63, 3.8) is 0 Å². The molecule has 0 aliphatic rings. The van der Waals surface area contributed by atoms with Crippen LogP contribution < -0.4 is 0 Å². The second-order valence-electron chi connectivity index (χ2n) is 4.01. The Morgan fingerprint density at radius 1 is 1.33 bits per heavy atom. The van der Waals surface area contributed by atoms with Crippen LogP contribution in [0.4, 0.5) is 0 Å². The second kappa shape index (κ2) is 10.8. The highest BCUT2D eigenvalue weighted by molar-refractivity contribution is 7.99. The SMILES string of the molecule is CCSCCN(C)C[C@H](CC)CCOC. The third-order valence-electron chi connectivity index (χ3n) is 2.70. The van der Waals surface area contributed by atoms with E-state index in [-0.39, 0.29) is 0 Å². The Labute approximate surface area is 99.8 Å². The van der Waals surface area contributed by atoms with E-state index in [4.69, 9.17) is 4.74 Å². The molecule has 0 N–H and O–H groups in total. The number of ether oxygens (including phenoxy) is 1. The zero-order valence-electron chi connectivity index (χ0n) is 10.8. The number of hydrogen-bond donors (Lipinski definition) is 0. The number of rotatable bonds is 10. The summed E-state index contributed by atoms with van der Waals surface area (Å²) in [6.45, 7) is 7.81. The van der Waals surface area contributed by atoms with Gasteiger partial charge in [0.25, 0.3) is 0 Å². The van der Waals surface area contributed by atoms with Crippen molar-refractivity contribution in [2.45, 2.75) is 26.7 Å². The lowest BCUT2D eigenvalue weighted by atomic mass is 10.0. The van der Waals surface area contributed by atoms with Crippen LogP contribution in [0.3, 0.4) is 0 Å². The van der Waals surface area contributed by atoms with Gasteiger partial charge < -0.3 is 9.64 Å². The fourth-order valence-electron chi connectivity index (χ4n) is 1.61. The zero-order chi connectivity index (χ0) is 11.5. The summed E-state index contributed by atoms with van der Waals surface area (Å²) in [5.74, 6) is 3.28. The van der Waals surface area contributed by atoms with Crippen molar-refractivity contribution < 1.29 is 4.74 Å². The van der Waals surface area contributed by atoms with Crippen molar-refractivity contribution in [3.05, 3.63) is 0 Å². The highest BCUT2D eigenvalue weighted by atomic mass is 32.2. The van der Waals surface area contributed by atoms with Crippen molar-refractivity contribution in [1.82, 2.24) is 4.90 Å². The first-order valence-corrected chi connectivity index (χ1v) is 7.15. The van der Waals surface area contributed by atoms with Gasteiger partial charge >= 0.3 is 0 Å². The molecule has 92 valence electrons. The van der Waals surface area contributed by atoms with Crippen LogP contribution in [0, 0.1) is 5.92 Å². The summed E-state index contributed by atoms with van der Waals surface area (Å²) in [4.78, 5) is 2.45. The molecule has 0 aromatic heterocycles. The summed E-state index contributed by atoms with van der Waals surface area (Å²) >= 11 is 2.02. The minimum absolute atomic E-state index is 0.793. The first kappa shape index (κ1) is 15.3. The molecule has 3 heteroatoms. The molecule has 0 heterocycles. The summed E-state index contributed by atoms with van der Waals surface area (Å²) in [7, 11) is 4.01. The quantitative estimate of drug-likeness (QED) is 0.538. The van der Waals surface area contributed by atoms with E-state index >= 15 is 0 Å². The van der Waals surface area contributed by atoms with Gasteiger partial charge in [0.2, 0.25) is 0 Å². The molecule has 2 nitrogen and oxygen atoms in total. The smallest absolute Gasteiger partial charge is 0.0465 e. The van der Waals surface area contributed by atoms with Crippen LogP contribution in [0.2, 0.25) is 0 Å². The maximum Gasteiger partial charge on any atom is 0.0465 e. The first-order chi connectivity index (χ1) is 7.24. The van der Waals surface area contributed by atoms with Gasteiger partial charge in [0.1, 0.15) is 0 Å². The Kier molecular flexibility index (Phi) is 11.0. The van der Waals surface area contributed by atoms with Gasteiger partial charge in [0, 0.05) is 32.6 Å². The molecule has 0 amide bonds. The lowest BCUT2D eigenvalue weighted by molar-refractivity contribution is 0.163. The highest BCUT2D eigenvalue weighted by Gasteiger charge is 2.09. The number of methoxy groups -OCH3 is 1. The van der Waals surface area contributed by atoms with Crippen molar-refractivity contribution >= 4 is 11.8 Å². The van der Waals surface area contributed by atoms with Gasteiger partial charge in [-0.1, -0.05) is 20.3 Å². The van der Waals surface area contributed by atoms with Crippen LogP contribution in [-0.2, 0) is 4.74 Å². The van der Waals surface area contributed by atoms with E-state index < -0.39 is 0 Å². The summed E-state index contributed by atoms with van der Waals surface area (Å²) in [6.07, 6.45) is 2.45. The molecule has 1 atom stereocenters. The van der Waals surface area contributed by atoms with Crippen LogP contribution >= 0.6 is 11.8 Å². The monoisotopic (exact) mass is 233 g/mol. The van der Waals surface area contributed by atoms with E-state index in [0.717, 1.165) is 12.5 Å². The third kappa shape index (κ3) is 9.21. The third-order valence-corrected chi connectivity index (χ3v) is 3.58. The summed E-state index contributed by atoms with van der Waals surface area (Å²) < 4.78 is 5.13. The van der Waals surface area contributed by atoms with E-state index in [0.29, 0.717) is 0 Å². The van der Waals surface area contributed by atoms with Crippen LogP contribution in [-0.4, -0.2) is 50.3 Å². The molecule has 0 radical (unpaired) electrons. The molecular weight excluding hydrogens is 206 g/mol. The molecular formula is C12H27NOS.